The second-order valence-corrected chi connectivity index (χ2v) is 27.0. The molecule has 0 radical (unpaired) electrons. The van der Waals surface area contributed by atoms with Gasteiger partial charge in [0, 0.05) is 0 Å². The molecule has 2 aromatic carbocycles. The van der Waals surface area contributed by atoms with Crippen molar-refractivity contribution in [3.05, 3.63) is 75.2 Å². The number of halogens is 2. The van der Waals surface area contributed by atoms with Crippen LogP contribution in [0.2, 0.25) is 10.5 Å². The van der Waals surface area contributed by atoms with Crippen LogP contribution in [0, 0.1) is 0 Å². The van der Waals surface area contributed by atoms with Crippen LogP contribution in [0.1, 0.15) is 24.5 Å². The number of rotatable bonds is 2. The van der Waals surface area contributed by atoms with Gasteiger partial charge in [0.2, 0.25) is 0 Å². The molecule has 0 nitrogen and oxygen atoms in total. The van der Waals surface area contributed by atoms with E-state index < -0.39 is 14.0 Å². The second-order valence-electron chi connectivity index (χ2n) is 8.12. The van der Waals surface area contributed by atoms with Gasteiger partial charge in [-0.15, -0.1) is 24.8 Å². The van der Waals surface area contributed by atoms with E-state index in [0.29, 0.717) is 0 Å². The van der Waals surface area contributed by atoms with Crippen molar-refractivity contribution in [2.24, 2.45) is 0 Å². The summed E-state index contributed by atoms with van der Waals surface area (Å²) in [5.41, 5.74) is 7.56. The number of hydrogen-bond acceptors (Lipinski definition) is 0. The van der Waals surface area contributed by atoms with Gasteiger partial charge in [0.15, 0.2) is 0 Å². The molecule has 2 aliphatic carbocycles. The van der Waals surface area contributed by atoms with Gasteiger partial charge in [-0.1, -0.05) is 0 Å². The van der Waals surface area contributed by atoms with E-state index in [-0.39, 0.29) is 24.8 Å². The zero-order valence-electron chi connectivity index (χ0n) is 15.1. The number of benzene rings is 2. The van der Waals surface area contributed by atoms with E-state index in [9.17, 15) is 0 Å². The molecular weight excluding hydrogens is 399 g/mol. The molecule has 4 rings (SSSR count). The molecule has 0 amide bonds. The molecule has 0 saturated heterocycles. The second kappa shape index (κ2) is 6.87. The fourth-order valence-electron chi connectivity index (χ4n) is 4.65. The quantitative estimate of drug-likeness (QED) is 0.490. The van der Waals surface area contributed by atoms with Crippen molar-refractivity contribution in [3.8, 4) is 11.1 Å². The molecule has 0 unspecified atom stereocenters. The van der Waals surface area contributed by atoms with Gasteiger partial charge in [-0.05, 0) is 0 Å². The summed E-state index contributed by atoms with van der Waals surface area (Å²) >= 11 is -2.85. The minimum atomic E-state index is -2.85. The molecule has 0 heterocycles. The average Bonchev–Trinajstić information content (AvgIpc) is 3.10. The zero-order chi connectivity index (χ0) is 16.3. The van der Waals surface area contributed by atoms with Crippen LogP contribution in [0.4, 0.5) is 0 Å². The van der Waals surface area contributed by atoms with Gasteiger partial charge in [-0.2, -0.15) is 0 Å². The maximum absolute atomic E-state index is 2.85. The van der Waals surface area contributed by atoms with E-state index in [1.807, 2.05) is 0 Å². The Morgan fingerprint density at radius 2 is 1.60 bits per heavy atom. The van der Waals surface area contributed by atoms with Crippen molar-refractivity contribution >= 4 is 36.3 Å². The van der Waals surface area contributed by atoms with Gasteiger partial charge in [0.05, 0.1) is 0 Å². The van der Waals surface area contributed by atoms with Crippen LogP contribution in [0.3, 0.4) is 0 Å². The predicted octanol–water partition coefficient (Wildman–Crippen LogP) is 5.29. The van der Waals surface area contributed by atoms with Crippen LogP contribution in [-0.4, -0.2) is 7.63 Å². The van der Waals surface area contributed by atoms with E-state index in [1.165, 1.54) is 22.3 Å². The fraction of sp³-hybridized carbons (Fsp3) is 0.238. The summed E-state index contributed by atoms with van der Waals surface area (Å²) in [6, 6.07) is 16.0. The van der Waals surface area contributed by atoms with Gasteiger partial charge in [0.25, 0.3) is 0 Å². The Hall–Kier alpha value is -0.569. The van der Waals surface area contributed by atoms with Crippen molar-refractivity contribution in [2.75, 3.05) is 0 Å². The third-order valence-corrected chi connectivity index (χ3v) is 16.6. The van der Waals surface area contributed by atoms with Crippen LogP contribution in [0.25, 0.3) is 11.1 Å². The normalized spacial score (nSPS) is 15.4. The summed E-state index contributed by atoms with van der Waals surface area (Å²) in [6.07, 6.45) is 6.96. The third-order valence-electron chi connectivity index (χ3n) is 5.85. The van der Waals surface area contributed by atoms with Crippen LogP contribution < -0.4 is 3.87 Å². The van der Waals surface area contributed by atoms with Gasteiger partial charge >= 0.3 is 142 Å². The molecule has 0 aliphatic heterocycles. The first-order valence-corrected chi connectivity index (χ1v) is 17.2. The Kier molecular flexibility index (Phi) is 5.70. The Labute approximate surface area is 166 Å². The first-order valence-electron chi connectivity index (χ1n) is 8.52. The minimum Gasteiger partial charge on any atom is -0.147 e. The Balaban J connectivity index is 0.00000113. The van der Waals surface area contributed by atoms with E-state index in [2.05, 4.69) is 79.6 Å². The molecule has 0 atom stereocenters. The molecule has 0 saturated carbocycles. The summed E-state index contributed by atoms with van der Waals surface area (Å²) < 4.78 is 3.44. The van der Waals surface area contributed by atoms with E-state index in [1.54, 1.807) is 13.3 Å². The van der Waals surface area contributed by atoms with Crippen molar-refractivity contribution < 1.29 is 14.0 Å². The van der Waals surface area contributed by atoms with E-state index in [0.717, 1.165) is 12.8 Å². The maximum Gasteiger partial charge on any atom is -0.147 e. The van der Waals surface area contributed by atoms with E-state index >= 15 is 0 Å². The van der Waals surface area contributed by atoms with Gasteiger partial charge in [0.1, 0.15) is 0 Å². The SMILES string of the molecule is CC1=[C]([Ti]([CH3])([CH3])(=[SiH2])[c]2cccc3c2Cc2ccccc2-3)CC=C1.Cl.Cl. The predicted molar refractivity (Wildman–Crippen MR) is 116 cm³/mol. The van der Waals surface area contributed by atoms with Crippen LogP contribution in [0.5, 0.6) is 0 Å². The van der Waals surface area contributed by atoms with Crippen molar-refractivity contribution in [2.45, 2.75) is 30.2 Å². The van der Waals surface area contributed by atoms with Crippen molar-refractivity contribution in [1.29, 1.82) is 0 Å². The standard InChI is InChI=1S/C13H9.C6H7.2CH3.2ClH.H2Si.Ti/c1-3-7-12-10(5-1)9-11-6-2-4-8-13(11)12;1-6-4-2-3-5-6;;;;;;/h1-5,7-8H,9H2;2,4H,3H2,1H3;2*1H3;2*1H;1H2;. The van der Waals surface area contributed by atoms with Gasteiger partial charge in [-0.25, -0.2) is 0 Å². The number of fused-ring (bicyclic) bond motifs is 3. The fourth-order valence-corrected chi connectivity index (χ4v) is 14.4. The average molecular weight is 425 g/mol. The molecule has 0 fully saturated rings. The molecule has 0 N–H and O–H groups in total. The summed E-state index contributed by atoms with van der Waals surface area (Å²) in [4.78, 5) is 0. The molecule has 0 bridgehead atoms. The molecule has 4 heteroatoms. The first-order chi connectivity index (χ1) is 10.9. The topological polar surface area (TPSA) is 0 Å². The molecule has 2 aromatic rings. The smallest absolute Gasteiger partial charge is 0.147 e. The summed E-state index contributed by atoms with van der Waals surface area (Å²) in [5.74, 6) is 0. The van der Waals surface area contributed by atoms with Crippen LogP contribution in [-0.2, 0) is 20.5 Å². The van der Waals surface area contributed by atoms with Gasteiger partial charge < -0.3 is 0 Å². The number of allylic oxidation sites excluding steroid dienone is 4. The molecule has 25 heavy (non-hydrogen) atoms. The van der Waals surface area contributed by atoms with Gasteiger partial charge in [-0.3, -0.25) is 0 Å². The Morgan fingerprint density at radius 1 is 0.920 bits per heavy atom. The number of hydrogen-bond donors (Lipinski definition) is 0. The third kappa shape index (κ3) is 3.15. The van der Waals surface area contributed by atoms with Crippen molar-refractivity contribution in [3.63, 3.8) is 0 Å². The summed E-state index contributed by atoms with van der Waals surface area (Å²) in [5, 5.41) is 5.22. The molecule has 2 aliphatic rings. The molecule has 0 aromatic heterocycles. The maximum atomic E-state index is 2.61. The van der Waals surface area contributed by atoms with Crippen LogP contribution >= 0.6 is 24.8 Å². The first kappa shape index (κ1) is 20.7. The Bertz CT molecular complexity index is 964. The summed E-state index contributed by atoms with van der Waals surface area (Å²) in [7, 11) is 2.34. The summed E-state index contributed by atoms with van der Waals surface area (Å²) in [6.45, 7) is 2.31. The zero-order valence-corrected chi connectivity index (χ0v) is 19.7. The van der Waals surface area contributed by atoms with E-state index in [4.69, 9.17) is 0 Å². The molecular formula is C21H26Cl2SiTi. The Morgan fingerprint density at radius 3 is 2.28 bits per heavy atom. The minimum absolute atomic E-state index is 0. The van der Waals surface area contributed by atoms with Crippen molar-refractivity contribution in [1.82, 2.24) is 0 Å². The molecule has 0 spiro atoms. The largest absolute Gasteiger partial charge is 0.147 e. The molecule has 132 valence electrons. The van der Waals surface area contributed by atoms with Crippen LogP contribution in [0.15, 0.2) is 64.1 Å². The monoisotopic (exact) mass is 424 g/mol.